The first-order valence-electron chi connectivity index (χ1n) is 9.07. The second-order valence-corrected chi connectivity index (χ2v) is 7.03. The molecule has 1 aliphatic heterocycles. The number of nitrogens with zero attached hydrogens (tertiary/aromatic N) is 2. The zero-order valence-electron chi connectivity index (χ0n) is 15.4. The quantitative estimate of drug-likeness (QED) is 0.688. The highest BCUT2D eigenvalue weighted by molar-refractivity contribution is 6.31. The van der Waals surface area contributed by atoms with Crippen molar-refractivity contribution in [3.8, 4) is 0 Å². The molecule has 1 heterocycles. The molecule has 3 rings (SSSR count). The number of carbonyl (C=O) groups excluding carboxylic acids is 3. The van der Waals surface area contributed by atoms with Crippen molar-refractivity contribution >= 4 is 35.0 Å². The Morgan fingerprint density at radius 3 is 2.50 bits per heavy atom. The summed E-state index contributed by atoms with van der Waals surface area (Å²) in [5, 5.41) is 0.490. The van der Waals surface area contributed by atoms with E-state index in [0.717, 1.165) is 4.90 Å². The van der Waals surface area contributed by atoms with Crippen molar-refractivity contribution in [1.82, 2.24) is 4.90 Å². The van der Waals surface area contributed by atoms with E-state index < -0.39 is 23.7 Å². The van der Waals surface area contributed by atoms with Gasteiger partial charge in [-0.15, -0.1) is 0 Å². The molecule has 0 aromatic heterocycles. The van der Waals surface area contributed by atoms with Crippen LogP contribution < -0.4 is 4.90 Å². The molecular weight excluding hydrogens is 383 g/mol. The minimum Gasteiger partial charge on any atom is -0.326 e. The smallest absolute Gasteiger partial charge is 0.257 e. The van der Waals surface area contributed by atoms with E-state index in [1.807, 2.05) is 6.92 Å². The van der Waals surface area contributed by atoms with Gasteiger partial charge in [-0.05, 0) is 42.3 Å². The average Bonchev–Trinajstić information content (AvgIpc) is 2.96. The molecule has 0 aliphatic carbocycles. The molecule has 1 aliphatic rings. The van der Waals surface area contributed by atoms with Gasteiger partial charge in [0.25, 0.3) is 5.91 Å². The van der Waals surface area contributed by atoms with Crippen LogP contribution in [-0.2, 0) is 20.9 Å². The molecule has 1 saturated heterocycles. The van der Waals surface area contributed by atoms with E-state index in [-0.39, 0.29) is 25.3 Å². The first-order chi connectivity index (χ1) is 13.4. The van der Waals surface area contributed by atoms with Crippen molar-refractivity contribution in [3.05, 3.63) is 64.9 Å². The molecule has 2 aromatic rings. The van der Waals surface area contributed by atoms with Crippen LogP contribution in [0.3, 0.4) is 0 Å². The van der Waals surface area contributed by atoms with Gasteiger partial charge in [-0.2, -0.15) is 0 Å². The standard InChI is InChI=1S/C21H20ClFN2O3/c1-2-5-19(26)24(13-14-6-3-4-7-17(14)22)18-12-20(27)25(21(18)28)16-10-8-15(23)9-11-16/h3-4,6-11,18H,2,5,12-13H2,1H3. The minimum absolute atomic E-state index is 0.115. The summed E-state index contributed by atoms with van der Waals surface area (Å²) in [5.74, 6) is -1.59. The lowest BCUT2D eigenvalue weighted by molar-refractivity contribution is -0.139. The van der Waals surface area contributed by atoms with Crippen molar-refractivity contribution in [3.63, 3.8) is 0 Å². The van der Waals surface area contributed by atoms with E-state index in [9.17, 15) is 18.8 Å². The van der Waals surface area contributed by atoms with Crippen molar-refractivity contribution in [2.24, 2.45) is 0 Å². The molecule has 0 N–H and O–H groups in total. The van der Waals surface area contributed by atoms with E-state index in [1.165, 1.54) is 29.2 Å². The summed E-state index contributed by atoms with van der Waals surface area (Å²) in [6, 6.07) is 11.3. The summed E-state index contributed by atoms with van der Waals surface area (Å²) < 4.78 is 13.2. The van der Waals surface area contributed by atoms with E-state index >= 15 is 0 Å². The Morgan fingerprint density at radius 1 is 1.18 bits per heavy atom. The van der Waals surface area contributed by atoms with Crippen LogP contribution >= 0.6 is 11.6 Å². The van der Waals surface area contributed by atoms with Crippen LogP contribution in [0.25, 0.3) is 0 Å². The molecule has 28 heavy (non-hydrogen) atoms. The minimum atomic E-state index is -0.909. The molecule has 1 fully saturated rings. The van der Waals surface area contributed by atoms with E-state index in [4.69, 9.17) is 11.6 Å². The first-order valence-corrected chi connectivity index (χ1v) is 9.45. The molecule has 7 heteroatoms. The Morgan fingerprint density at radius 2 is 1.86 bits per heavy atom. The maximum absolute atomic E-state index is 13.2. The number of hydrogen-bond acceptors (Lipinski definition) is 3. The maximum Gasteiger partial charge on any atom is 0.257 e. The zero-order chi connectivity index (χ0) is 20.3. The van der Waals surface area contributed by atoms with Gasteiger partial charge in [-0.25, -0.2) is 9.29 Å². The van der Waals surface area contributed by atoms with Gasteiger partial charge in [0, 0.05) is 18.0 Å². The molecule has 2 aromatic carbocycles. The fourth-order valence-electron chi connectivity index (χ4n) is 3.26. The van der Waals surface area contributed by atoms with Gasteiger partial charge >= 0.3 is 0 Å². The van der Waals surface area contributed by atoms with E-state index in [2.05, 4.69) is 0 Å². The third-order valence-electron chi connectivity index (χ3n) is 4.67. The van der Waals surface area contributed by atoms with Crippen LogP contribution in [0.5, 0.6) is 0 Å². The highest BCUT2D eigenvalue weighted by atomic mass is 35.5. The molecule has 1 atom stereocenters. The van der Waals surface area contributed by atoms with E-state index in [1.54, 1.807) is 24.3 Å². The number of benzene rings is 2. The first kappa shape index (κ1) is 20.0. The fraction of sp³-hybridized carbons (Fsp3) is 0.286. The molecule has 146 valence electrons. The fourth-order valence-corrected chi connectivity index (χ4v) is 3.46. The number of carbonyl (C=O) groups is 3. The van der Waals surface area contributed by atoms with Gasteiger partial charge in [0.05, 0.1) is 12.1 Å². The van der Waals surface area contributed by atoms with Crippen LogP contribution in [0.2, 0.25) is 5.02 Å². The van der Waals surface area contributed by atoms with Gasteiger partial charge in [-0.3, -0.25) is 14.4 Å². The molecule has 0 spiro atoms. The molecule has 0 bridgehead atoms. The van der Waals surface area contributed by atoms with Crippen LogP contribution in [0.15, 0.2) is 48.5 Å². The third-order valence-corrected chi connectivity index (χ3v) is 5.04. The van der Waals surface area contributed by atoms with E-state index in [0.29, 0.717) is 22.7 Å². The number of hydrogen-bond donors (Lipinski definition) is 0. The average molecular weight is 403 g/mol. The predicted octanol–water partition coefficient (Wildman–Crippen LogP) is 3.94. The van der Waals surface area contributed by atoms with Gasteiger partial charge in [0.1, 0.15) is 11.9 Å². The second kappa shape index (κ2) is 8.52. The van der Waals surface area contributed by atoms with Gasteiger partial charge < -0.3 is 4.90 Å². The van der Waals surface area contributed by atoms with Gasteiger partial charge in [0.2, 0.25) is 11.8 Å². The number of halogens is 2. The normalized spacial score (nSPS) is 16.5. The highest BCUT2D eigenvalue weighted by Crippen LogP contribution is 2.28. The van der Waals surface area contributed by atoms with Gasteiger partial charge in [-0.1, -0.05) is 36.7 Å². The molecular formula is C21H20ClFN2O3. The molecule has 0 saturated carbocycles. The Bertz CT molecular complexity index is 901. The molecule has 1 unspecified atom stereocenters. The summed E-state index contributed by atoms with van der Waals surface area (Å²) in [4.78, 5) is 40.7. The largest absolute Gasteiger partial charge is 0.326 e. The molecule has 3 amide bonds. The number of anilines is 1. The zero-order valence-corrected chi connectivity index (χ0v) is 16.2. The Labute approximate surface area is 167 Å². The number of amides is 3. The topological polar surface area (TPSA) is 57.7 Å². The molecule has 5 nitrogen and oxygen atoms in total. The van der Waals surface area contributed by atoms with Crippen molar-refractivity contribution in [2.75, 3.05) is 4.90 Å². The third kappa shape index (κ3) is 4.07. The SMILES string of the molecule is CCCC(=O)N(Cc1ccccc1Cl)C1CC(=O)N(c2ccc(F)cc2)C1=O. The maximum atomic E-state index is 13.2. The summed E-state index contributed by atoms with van der Waals surface area (Å²) >= 11 is 6.23. The highest BCUT2D eigenvalue weighted by Gasteiger charge is 2.44. The van der Waals surface area contributed by atoms with Crippen molar-refractivity contribution in [1.29, 1.82) is 0 Å². The van der Waals surface area contributed by atoms with Crippen molar-refractivity contribution in [2.45, 2.75) is 38.8 Å². The lowest BCUT2D eigenvalue weighted by Crippen LogP contribution is -2.45. The Hall–Kier alpha value is -2.73. The Kier molecular flexibility index (Phi) is 6.09. The summed E-state index contributed by atoms with van der Waals surface area (Å²) in [5.41, 5.74) is 0.994. The monoisotopic (exact) mass is 402 g/mol. The summed E-state index contributed by atoms with van der Waals surface area (Å²) in [6.45, 7) is 2.01. The van der Waals surface area contributed by atoms with Crippen LogP contribution in [-0.4, -0.2) is 28.7 Å². The lowest BCUT2D eigenvalue weighted by Gasteiger charge is -2.28. The predicted molar refractivity (Wildman–Crippen MR) is 104 cm³/mol. The van der Waals surface area contributed by atoms with Crippen LogP contribution in [0.1, 0.15) is 31.7 Å². The summed E-state index contributed by atoms with van der Waals surface area (Å²) in [7, 11) is 0. The molecule has 0 radical (unpaired) electrons. The van der Waals surface area contributed by atoms with Gasteiger partial charge in [0.15, 0.2) is 0 Å². The lowest BCUT2D eigenvalue weighted by atomic mass is 10.1. The number of rotatable bonds is 6. The van der Waals surface area contributed by atoms with Crippen LogP contribution in [0.4, 0.5) is 10.1 Å². The second-order valence-electron chi connectivity index (χ2n) is 6.63. The summed E-state index contributed by atoms with van der Waals surface area (Å²) in [6.07, 6.45) is 0.767. The number of imide groups is 1. The van der Waals surface area contributed by atoms with Crippen LogP contribution in [0, 0.1) is 5.82 Å². The van der Waals surface area contributed by atoms with Crippen molar-refractivity contribution < 1.29 is 18.8 Å². The Balaban J connectivity index is 1.90.